The fraction of sp³-hybridized carbons (Fsp3) is 0.538. The van der Waals surface area contributed by atoms with Crippen molar-refractivity contribution in [2.24, 2.45) is 0 Å². The first-order chi connectivity index (χ1) is 16.0. The number of carboxylic acids is 1. The Morgan fingerprint density at radius 2 is 1.97 bits per heavy atom. The molecule has 8 nitrogen and oxygen atoms in total. The van der Waals surface area contributed by atoms with E-state index in [2.05, 4.69) is 32.9 Å². The Morgan fingerprint density at radius 1 is 1.26 bits per heavy atom. The van der Waals surface area contributed by atoms with Gasteiger partial charge in [0.25, 0.3) is 5.91 Å². The third-order valence-electron chi connectivity index (χ3n) is 6.78. The van der Waals surface area contributed by atoms with Gasteiger partial charge in [0.15, 0.2) is 6.04 Å². The van der Waals surface area contributed by atoms with Crippen LogP contribution in [-0.4, -0.2) is 61.6 Å². The van der Waals surface area contributed by atoms with Gasteiger partial charge < -0.3 is 30.1 Å². The molecule has 1 amide bonds. The van der Waals surface area contributed by atoms with Crippen molar-refractivity contribution in [2.45, 2.75) is 84.1 Å². The Labute approximate surface area is 200 Å². The number of hydrogen-bond acceptors (Lipinski definition) is 6. The van der Waals surface area contributed by atoms with Crippen molar-refractivity contribution in [1.82, 2.24) is 4.90 Å². The normalized spacial score (nSPS) is 22.6. The average molecular weight is 474 g/mol. The van der Waals surface area contributed by atoms with E-state index in [0.717, 1.165) is 17.7 Å². The summed E-state index contributed by atoms with van der Waals surface area (Å²) in [6.45, 7) is 7.27. The zero-order valence-electron chi connectivity index (χ0n) is 20.3. The van der Waals surface area contributed by atoms with Crippen molar-refractivity contribution < 1.29 is 34.8 Å². The van der Waals surface area contributed by atoms with Gasteiger partial charge in [0.2, 0.25) is 0 Å². The lowest BCUT2D eigenvalue weighted by Crippen LogP contribution is -2.49. The second-order valence-electron chi connectivity index (χ2n) is 9.74. The van der Waals surface area contributed by atoms with Crippen LogP contribution in [0.4, 0.5) is 0 Å². The first-order valence-electron chi connectivity index (χ1n) is 11.7. The van der Waals surface area contributed by atoms with Gasteiger partial charge in [-0.1, -0.05) is 23.3 Å². The number of benzene rings is 1. The lowest BCUT2D eigenvalue weighted by atomic mass is 9.84. The minimum absolute atomic E-state index is 0.0517. The van der Waals surface area contributed by atoms with Gasteiger partial charge in [0.1, 0.15) is 17.1 Å². The first-order valence-corrected chi connectivity index (χ1v) is 11.7. The van der Waals surface area contributed by atoms with Crippen molar-refractivity contribution >= 4 is 11.9 Å². The van der Waals surface area contributed by atoms with Gasteiger partial charge in [0, 0.05) is 17.5 Å². The van der Waals surface area contributed by atoms with Crippen molar-refractivity contribution in [3.8, 4) is 11.5 Å². The number of aliphatic hydroxyl groups excluding tert-OH is 2. The molecule has 0 radical (unpaired) electrons. The number of fused-ring (bicyclic) bond motifs is 3. The Balaban J connectivity index is 1.82. The third kappa shape index (κ3) is 5.13. The van der Waals surface area contributed by atoms with Gasteiger partial charge in [-0.3, -0.25) is 4.79 Å². The molecule has 2 aliphatic heterocycles. The van der Waals surface area contributed by atoms with E-state index < -0.39 is 36.2 Å². The lowest BCUT2D eigenvalue weighted by molar-refractivity contribution is -0.143. The van der Waals surface area contributed by atoms with Crippen LogP contribution in [-0.2, 0) is 17.8 Å². The number of phenols is 1. The minimum Gasteiger partial charge on any atom is -0.508 e. The van der Waals surface area contributed by atoms with E-state index in [1.54, 1.807) is 0 Å². The van der Waals surface area contributed by atoms with Crippen LogP contribution in [0.5, 0.6) is 11.5 Å². The molecule has 4 N–H and O–H groups in total. The number of amides is 1. The molecular formula is C26H35NO7. The maximum absolute atomic E-state index is 12.9. The molecule has 1 aromatic rings. The summed E-state index contributed by atoms with van der Waals surface area (Å²) in [5.41, 5.74) is 2.65. The monoisotopic (exact) mass is 473 g/mol. The predicted molar refractivity (Wildman–Crippen MR) is 127 cm³/mol. The molecule has 0 aliphatic carbocycles. The SMILES string of the molecule is CC(C)=CCCC(C)=CCC[C@@]1(C)Oc2c(c(O)cc3c2CN([C@@H](CO)C(=O)O)C3=O)C[C@H]1O. The lowest BCUT2D eigenvalue weighted by Gasteiger charge is -2.41. The number of allylic oxidation sites excluding steroid dienone is 4. The van der Waals surface area contributed by atoms with E-state index >= 15 is 0 Å². The molecule has 1 aromatic carbocycles. The van der Waals surface area contributed by atoms with Crippen LogP contribution in [0.25, 0.3) is 0 Å². The van der Waals surface area contributed by atoms with Crippen LogP contribution in [0.3, 0.4) is 0 Å². The minimum atomic E-state index is -1.39. The standard InChI is InChI=1S/C26H35NO7/c1-15(2)7-5-8-16(3)9-6-10-26(4)22(30)12-18-21(29)11-17-19(23(18)34-26)13-27(24(17)31)20(14-28)25(32)33/h7,9,11,20,22,28-30H,5-6,8,10,12-14H2,1-4H3,(H,32,33)/t20-,22+,26+/m0/s1. The Morgan fingerprint density at radius 3 is 2.59 bits per heavy atom. The fourth-order valence-electron chi connectivity index (χ4n) is 4.58. The summed E-state index contributed by atoms with van der Waals surface area (Å²) in [5.74, 6) is -1.74. The van der Waals surface area contributed by atoms with Crippen LogP contribution in [0, 0.1) is 0 Å². The summed E-state index contributed by atoms with van der Waals surface area (Å²) >= 11 is 0. The zero-order chi connectivity index (χ0) is 25.2. The highest BCUT2D eigenvalue weighted by Gasteiger charge is 2.45. The van der Waals surface area contributed by atoms with Crippen LogP contribution >= 0.6 is 0 Å². The highest BCUT2D eigenvalue weighted by atomic mass is 16.5. The molecule has 8 heteroatoms. The molecule has 0 unspecified atom stereocenters. The first kappa shape index (κ1) is 25.8. The van der Waals surface area contributed by atoms with Gasteiger partial charge >= 0.3 is 5.97 Å². The van der Waals surface area contributed by atoms with E-state index in [9.17, 15) is 30.0 Å². The van der Waals surface area contributed by atoms with Crippen molar-refractivity contribution in [2.75, 3.05) is 6.61 Å². The van der Waals surface area contributed by atoms with Crippen LogP contribution in [0.15, 0.2) is 29.4 Å². The summed E-state index contributed by atoms with van der Waals surface area (Å²) in [6, 6.07) is -0.0953. The van der Waals surface area contributed by atoms with Gasteiger partial charge in [-0.2, -0.15) is 0 Å². The molecule has 0 spiro atoms. The fourth-order valence-corrected chi connectivity index (χ4v) is 4.58. The number of ether oxygens (including phenoxy) is 1. The summed E-state index contributed by atoms with van der Waals surface area (Å²) in [6.07, 6.45) is 6.81. The van der Waals surface area contributed by atoms with E-state index in [4.69, 9.17) is 4.74 Å². The Bertz CT molecular complexity index is 1020. The number of aliphatic carboxylic acids is 1. The van der Waals surface area contributed by atoms with Crippen molar-refractivity contribution in [3.63, 3.8) is 0 Å². The molecule has 34 heavy (non-hydrogen) atoms. The number of nitrogens with zero attached hydrogens (tertiary/aromatic N) is 1. The molecule has 0 fully saturated rings. The second-order valence-corrected chi connectivity index (χ2v) is 9.74. The molecule has 2 aliphatic rings. The number of carbonyl (C=O) groups is 2. The van der Waals surface area contributed by atoms with Crippen molar-refractivity contribution in [1.29, 1.82) is 0 Å². The molecule has 186 valence electrons. The predicted octanol–water partition coefficient (Wildman–Crippen LogP) is 3.32. The molecule has 2 heterocycles. The summed E-state index contributed by atoms with van der Waals surface area (Å²) < 4.78 is 6.28. The summed E-state index contributed by atoms with van der Waals surface area (Å²) in [7, 11) is 0. The van der Waals surface area contributed by atoms with Gasteiger partial charge in [-0.15, -0.1) is 0 Å². The average Bonchev–Trinajstić information content (AvgIpc) is 3.06. The van der Waals surface area contributed by atoms with E-state index in [1.807, 2.05) is 6.92 Å². The maximum Gasteiger partial charge on any atom is 0.328 e. The number of carbonyl (C=O) groups excluding carboxylic acids is 1. The number of carboxylic acid groups (broad SMARTS) is 1. The summed E-state index contributed by atoms with van der Waals surface area (Å²) in [5, 5.41) is 40.3. The third-order valence-corrected chi connectivity index (χ3v) is 6.78. The van der Waals surface area contributed by atoms with Gasteiger partial charge in [0.05, 0.1) is 24.8 Å². The molecule has 0 bridgehead atoms. The topological polar surface area (TPSA) is 128 Å². The molecular weight excluding hydrogens is 438 g/mol. The number of rotatable bonds is 9. The van der Waals surface area contributed by atoms with Crippen molar-refractivity contribution in [3.05, 3.63) is 46.1 Å². The number of phenolic OH excluding ortho intramolecular Hbond substituents is 1. The highest BCUT2D eigenvalue weighted by molar-refractivity contribution is 6.02. The number of hydrogen-bond donors (Lipinski definition) is 4. The molecule has 0 saturated carbocycles. The van der Waals surface area contributed by atoms with Gasteiger partial charge in [-0.25, -0.2) is 4.79 Å². The van der Waals surface area contributed by atoms with E-state index in [1.165, 1.54) is 17.2 Å². The number of aliphatic hydroxyl groups is 2. The van der Waals surface area contributed by atoms with E-state index in [-0.39, 0.29) is 24.3 Å². The van der Waals surface area contributed by atoms with E-state index in [0.29, 0.717) is 29.7 Å². The molecule has 3 rings (SSSR count). The Kier molecular flexibility index (Phi) is 7.73. The van der Waals surface area contributed by atoms with Crippen LogP contribution in [0.2, 0.25) is 0 Å². The summed E-state index contributed by atoms with van der Waals surface area (Å²) in [4.78, 5) is 25.4. The quantitative estimate of drug-likeness (QED) is 0.405. The van der Waals surface area contributed by atoms with Gasteiger partial charge in [-0.05, 0) is 59.4 Å². The highest BCUT2D eigenvalue weighted by Crippen LogP contribution is 2.46. The maximum atomic E-state index is 12.9. The Hall–Kier alpha value is -2.84. The van der Waals surface area contributed by atoms with Crippen LogP contribution in [0.1, 0.15) is 74.9 Å². The second kappa shape index (κ2) is 10.2. The molecule has 0 saturated heterocycles. The zero-order valence-corrected chi connectivity index (χ0v) is 20.3. The largest absolute Gasteiger partial charge is 0.508 e. The van der Waals surface area contributed by atoms with Crippen LogP contribution < -0.4 is 4.74 Å². The molecule has 3 atom stereocenters. The number of aromatic hydroxyl groups is 1. The molecule has 0 aromatic heterocycles. The smallest absolute Gasteiger partial charge is 0.328 e.